The largest absolute Gasteiger partial charge is 0.368 e. The maximum atomic E-state index is 5.55. The maximum absolute atomic E-state index is 5.55. The van der Waals surface area contributed by atoms with Crippen LogP contribution < -0.4 is 15.5 Å². The number of hydrogen-bond acceptors (Lipinski definition) is 5. The van der Waals surface area contributed by atoms with Gasteiger partial charge in [0, 0.05) is 31.9 Å². The van der Waals surface area contributed by atoms with Crippen LogP contribution in [0.2, 0.25) is 0 Å². The van der Waals surface area contributed by atoms with Gasteiger partial charge in [0.2, 0.25) is 11.9 Å². The van der Waals surface area contributed by atoms with E-state index in [1.165, 1.54) is 11.3 Å². The molecule has 1 fully saturated rings. The van der Waals surface area contributed by atoms with E-state index in [4.69, 9.17) is 5.73 Å². The number of benzene rings is 1. The molecule has 1 aromatic heterocycles. The maximum Gasteiger partial charge on any atom is 0.246 e. The first-order valence-corrected chi connectivity index (χ1v) is 6.47. The van der Waals surface area contributed by atoms with Crippen LogP contribution in [0.3, 0.4) is 0 Å². The Morgan fingerprint density at radius 2 is 1.89 bits per heavy atom. The van der Waals surface area contributed by atoms with Crippen molar-refractivity contribution in [2.75, 3.05) is 41.7 Å². The zero-order valence-electron chi connectivity index (χ0n) is 11.0. The molecule has 0 radical (unpaired) electrons. The minimum absolute atomic E-state index is 0.371. The third-order valence-corrected chi connectivity index (χ3v) is 3.42. The molecular formula is C13H18N6. The number of nitrogen functional groups attached to an aromatic ring is 1. The Bertz CT molecular complexity index is 556. The minimum Gasteiger partial charge on any atom is -0.368 e. The van der Waals surface area contributed by atoms with Crippen LogP contribution in [0.1, 0.15) is 5.56 Å². The van der Waals surface area contributed by atoms with Crippen molar-refractivity contribution in [2.24, 2.45) is 0 Å². The molecule has 2 heterocycles. The van der Waals surface area contributed by atoms with Gasteiger partial charge in [0.25, 0.3) is 0 Å². The van der Waals surface area contributed by atoms with Gasteiger partial charge in [-0.2, -0.15) is 4.98 Å². The number of nitrogens with zero attached hydrogens (tertiary/aromatic N) is 4. The Balaban J connectivity index is 1.66. The van der Waals surface area contributed by atoms with Crippen LogP contribution in [0.4, 0.5) is 17.6 Å². The fraction of sp³-hybridized carbons (Fsp3) is 0.385. The van der Waals surface area contributed by atoms with Gasteiger partial charge in [0.15, 0.2) is 0 Å². The Hall–Kier alpha value is -2.24. The molecule has 1 aromatic carbocycles. The molecule has 2 aromatic rings. The lowest BCUT2D eigenvalue weighted by molar-refractivity contribution is 0.641. The predicted octanol–water partition coefficient (Wildman–Crippen LogP) is 1.02. The summed E-state index contributed by atoms with van der Waals surface area (Å²) in [5.41, 5.74) is 8.13. The first-order chi connectivity index (χ1) is 9.22. The van der Waals surface area contributed by atoms with Crippen LogP contribution in [0.5, 0.6) is 0 Å². The Kier molecular flexibility index (Phi) is 2.98. The number of piperazine rings is 1. The average Bonchev–Trinajstić information content (AvgIpc) is 2.86. The fourth-order valence-electron chi connectivity index (χ4n) is 2.40. The van der Waals surface area contributed by atoms with E-state index in [0.29, 0.717) is 11.9 Å². The van der Waals surface area contributed by atoms with Gasteiger partial charge >= 0.3 is 0 Å². The lowest BCUT2D eigenvalue weighted by Crippen LogP contribution is -2.47. The molecule has 0 bridgehead atoms. The molecule has 6 nitrogen and oxygen atoms in total. The molecule has 0 spiro atoms. The molecular weight excluding hydrogens is 240 g/mol. The number of anilines is 3. The third kappa shape index (κ3) is 2.47. The second kappa shape index (κ2) is 4.79. The molecule has 0 amide bonds. The van der Waals surface area contributed by atoms with Crippen molar-refractivity contribution in [2.45, 2.75) is 6.92 Å². The third-order valence-electron chi connectivity index (χ3n) is 3.42. The summed E-state index contributed by atoms with van der Waals surface area (Å²) >= 11 is 0. The van der Waals surface area contributed by atoms with Gasteiger partial charge in [-0.3, -0.25) is 0 Å². The fourth-order valence-corrected chi connectivity index (χ4v) is 2.40. The number of hydrogen-bond donors (Lipinski definition) is 2. The van der Waals surface area contributed by atoms with Crippen LogP contribution in [0, 0.1) is 6.92 Å². The topological polar surface area (TPSA) is 74.1 Å². The van der Waals surface area contributed by atoms with E-state index in [-0.39, 0.29) is 0 Å². The standard InChI is InChI=1S/C13H18N6/c1-10-3-2-4-11(9-10)18-5-7-19(8-6-18)13-15-12(14)16-17-13/h2-4,9H,5-8H2,1H3,(H3,14,15,16,17). The molecule has 1 saturated heterocycles. The summed E-state index contributed by atoms with van der Waals surface area (Å²) in [6, 6.07) is 8.61. The average molecular weight is 258 g/mol. The van der Waals surface area contributed by atoms with Crippen molar-refractivity contribution >= 4 is 17.6 Å². The number of H-pyrrole nitrogens is 1. The Labute approximate surface area is 112 Å². The van der Waals surface area contributed by atoms with Gasteiger partial charge in [-0.25, -0.2) is 5.10 Å². The number of aryl methyl sites for hydroxylation is 1. The molecule has 6 heteroatoms. The lowest BCUT2D eigenvalue weighted by atomic mass is 10.2. The molecule has 0 unspecified atom stereocenters. The quantitative estimate of drug-likeness (QED) is 0.841. The Morgan fingerprint density at radius 3 is 2.53 bits per heavy atom. The van der Waals surface area contributed by atoms with E-state index in [1.54, 1.807) is 0 Å². The SMILES string of the molecule is Cc1cccc(N2CCN(c3n[nH]c(N)n3)CC2)c1. The van der Waals surface area contributed by atoms with Crippen LogP contribution in [-0.2, 0) is 0 Å². The summed E-state index contributed by atoms with van der Waals surface area (Å²) in [7, 11) is 0. The van der Waals surface area contributed by atoms with Crippen molar-refractivity contribution in [3.8, 4) is 0 Å². The second-order valence-corrected chi connectivity index (χ2v) is 4.83. The first kappa shape index (κ1) is 11.8. The number of aromatic nitrogens is 3. The van der Waals surface area contributed by atoms with Crippen molar-refractivity contribution in [3.63, 3.8) is 0 Å². The highest BCUT2D eigenvalue weighted by atomic mass is 15.4. The summed E-state index contributed by atoms with van der Waals surface area (Å²) in [6.45, 7) is 5.88. The van der Waals surface area contributed by atoms with Crippen LogP contribution in [0.25, 0.3) is 0 Å². The van der Waals surface area contributed by atoms with E-state index in [9.17, 15) is 0 Å². The van der Waals surface area contributed by atoms with E-state index < -0.39 is 0 Å². The lowest BCUT2D eigenvalue weighted by Gasteiger charge is -2.35. The van der Waals surface area contributed by atoms with Crippen LogP contribution in [0.15, 0.2) is 24.3 Å². The van der Waals surface area contributed by atoms with Gasteiger partial charge in [-0.15, -0.1) is 5.10 Å². The summed E-state index contributed by atoms with van der Waals surface area (Å²) in [5.74, 6) is 1.07. The smallest absolute Gasteiger partial charge is 0.246 e. The molecule has 3 rings (SSSR count). The monoisotopic (exact) mass is 258 g/mol. The zero-order valence-corrected chi connectivity index (χ0v) is 11.0. The van der Waals surface area contributed by atoms with Crippen molar-refractivity contribution in [1.82, 2.24) is 15.2 Å². The molecule has 1 aliphatic rings. The molecule has 0 aliphatic carbocycles. The normalized spacial score (nSPS) is 15.8. The second-order valence-electron chi connectivity index (χ2n) is 4.83. The number of aromatic amines is 1. The highest BCUT2D eigenvalue weighted by Crippen LogP contribution is 2.19. The van der Waals surface area contributed by atoms with Gasteiger partial charge in [-0.1, -0.05) is 12.1 Å². The van der Waals surface area contributed by atoms with Crippen LogP contribution >= 0.6 is 0 Å². The number of rotatable bonds is 2. The van der Waals surface area contributed by atoms with Crippen molar-refractivity contribution in [1.29, 1.82) is 0 Å². The Morgan fingerprint density at radius 1 is 1.16 bits per heavy atom. The van der Waals surface area contributed by atoms with Gasteiger partial charge in [-0.05, 0) is 24.6 Å². The van der Waals surface area contributed by atoms with E-state index in [1.807, 2.05) is 0 Å². The number of nitrogens with two attached hydrogens (primary N) is 1. The number of nitrogens with one attached hydrogen (secondary N) is 1. The first-order valence-electron chi connectivity index (χ1n) is 6.47. The van der Waals surface area contributed by atoms with Gasteiger partial charge < -0.3 is 15.5 Å². The summed E-state index contributed by atoms with van der Waals surface area (Å²) in [5, 5.41) is 6.78. The van der Waals surface area contributed by atoms with Crippen LogP contribution in [-0.4, -0.2) is 41.4 Å². The molecule has 100 valence electrons. The van der Waals surface area contributed by atoms with E-state index in [0.717, 1.165) is 26.2 Å². The highest BCUT2D eigenvalue weighted by Gasteiger charge is 2.20. The summed E-state index contributed by atoms with van der Waals surface area (Å²) in [6.07, 6.45) is 0. The molecule has 1 aliphatic heterocycles. The van der Waals surface area contributed by atoms with Gasteiger partial charge in [0.05, 0.1) is 0 Å². The predicted molar refractivity (Wildman–Crippen MR) is 76.4 cm³/mol. The van der Waals surface area contributed by atoms with Crippen molar-refractivity contribution < 1.29 is 0 Å². The highest BCUT2D eigenvalue weighted by molar-refractivity contribution is 5.50. The van der Waals surface area contributed by atoms with Gasteiger partial charge in [0.1, 0.15) is 0 Å². The molecule has 19 heavy (non-hydrogen) atoms. The van der Waals surface area contributed by atoms with E-state index in [2.05, 4.69) is 56.2 Å². The molecule has 0 atom stereocenters. The summed E-state index contributed by atoms with van der Waals surface area (Å²) < 4.78 is 0. The zero-order chi connectivity index (χ0) is 13.2. The minimum atomic E-state index is 0.371. The molecule has 0 saturated carbocycles. The summed E-state index contributed by atoms with van der Waals surface area (Å²) in [4.78, 5) is 8.71. The van der Waals surface area contributed by atoms with Crippen molar-refractivity contribution in [3.05, 3.63) is 29.8 Å². The molecule has 3 N–H and O–H groups in total. The van der Waals surface area contributed by atoms with E-state index >= 15 is 0 Å².